The Morgan fingerprint density at radius 2 is 1.46 bits per heavy atom. The predicted molar refractivity (Wildman–Crippen MR) is 98.5 cm³/mol. The third-order valence-electron chi connectivity index (χ3n) is 3.48. The lowest BCUT2D eigenvalue weighted by Crippen LogP contribution is -2.47. The van der Waals surface area contributed by atoms with E-state index in [1.165, 1.54) is 49.4 Å². The van der Waals surface area contributed by atoms with Gasteiger partial charge in [0, 0.05) is 11.3 Å². The summed E-state index contributed by atoms with van der Waals surface area (Å²) in [4.78, 5) is 46.5. The molecule has 0 saturated heterocycles. The summed E-state index contributed by atoms with van der Waals surface area (Å²) in [5, 5.41) is 7.31. The van der Waals surface area contributed by atoms with E-state index in [4.69, 9.17) is 5.14 Å². The Labute approximate surface area is 160 Å². The van der Waals surface area contributed by atoms with Crippen molar-refractivity contribution >= 4 is 39.2 Å². The first kappa shape index (κ1) is 20.7. The van der Waals surface area contributed by atoms with Crippen LogP contribution in [0.3, 0.4) is 0 Å². The number of carbonyl (C=O) groups excluding carboxylic acids is 4. The number of Topliss-reactive ketones (excluding diaryl/α,β-unsaturated/α-hetero) is 1. The molecule has 146 valence electrons. The van der Waals surface area contributed by atoms with Gasteiger partial charge in [0.05, 0.1) is 10.5 Å². The van der Waals surface area contributed by atoms with E-state index in [1.54, 1.807) is 0 Å². The zero-order chi connectivity index (χ0) is 20.9. The van der Waals surface area contributed by atoms with Crippen LogP contribution in [0, 0.1) is 0 Å². The molecule has 2 aromatic rings. The molecule has 0 spiro atoms. The van der Waals surface area contributed by atoms with Gasteiger partial charge < -0.3 is 5.32 Å². The van der Waals surface area contributed by atoms with Crippen molar-refractivity contribution in [3.63, 3.8) is 0 Å². The molecule has 0 saturated carbocycles. The highest BCUT2D eigenvalue weighted by Gasteiger charge is 2.20. The van der Waals surface area contributed by atoms with Crippen LogP contribution in [-0.2, 0) is 19.6 Å². The van der Waals surface area contributed by atoms with E-state index < -0.39 is 32.6 Å². The van der Waals surface area contributed by atoms with Crippen LogP contribution in [0.2, 0.25) is 0 Å². The van der Waals surface area contributed by atoms with Crippen molar-refractivity contribution in [2.75, 3.05) is 5.32 Å². The number of anilines is 1. The number of rotatable bonds is 4. The smallest absolute Gasteiger partial charge is 0.318 e. The summed E-state index contributed by atoms with van der Waals surface area (Å²) in [7, 11) is -4.16. The van der Waals surface area contributed by atoms with Crippen LogP contribution < -0.4 is 21.3 Å². The minimum atomic E-state index is -4.16. The van der Waals surface area contributed by atoms with Crippen molar-refractivity contribution in [1.82, 2.24) is 10.9 Å². The molecular weight excluding hydrogens is 388 g/mol. The second-order valence-corrected chi connectivity index (χ2v) is 7.07. The number of ketones is 1. The van der Waals surface area contributed by atoms with Gasteiger partial charge in [0.1, 0.15) is 0 Å². The highest BCUT2D eigenvalue weighted by Crippen LogP contribution is 2.13. The number of primary sulfonamides is 1. The predicted octanol–water partition coefficient (Wildman–Crippen LogP) is -0.0637. The van der Waals surface area contributed by atoms with E-state index in [1.807, 2.05) is 10.9 Å². The van der Waals surface area contributed by atoms with Crippen molar-refractivity contribution in [1.29, 1.82) is 0 Å². The molecule has 0 aliphatic carbocycles. The normalized spacial score (nSPS) is 10.6. The van der Waals surface area contributed by atoms with Gasteiger partial charge in [0.2, 0.25) is 10.0 Å². The molecule has 0 aliphatic rings. The Hall–Kier alpha value is -3.57. The molecule has 2 rings (SSSR count). The lowest BCUT2D eigenvalue weighted by molar-refractivity contribution is -0.136. The van der Waals surface area contributed by atoms with Gasteiger partial charge in [0.15, 0.2) is 5.78 Å². The number of benzene rings is 2. The summed E-state index contributed by atoms with van der Waals surface area (Å²) < 4.78 is 23.0. The van der Waals surface area contributed by atoms with E-state index in [2.05, 4.69) is 5.32 Å². The molecular formula is C17H16N4O6S. The van der Waals surface area contributed by atoms with Crippen LogP contribution in [0.5, 0.6) is 0 Å². The Morgan fingerprint density at radius 3 is 2.04 bits per heavy atom. The number of nitrogens with one attached hydrogen (secondary N) is 3. The quantitative estimate of drug-likeness (QED) is 0.316. The second kappa shape index (κ2) is 8.41. The van der Waals surface area contributed by atoms with Crippen LogP contribution in [-0.4, -0.2) is 31.9 Å². The molecule has 0 heterocycles. The summed E-state index contributed by atoms with van der Waals surface area (Å²) in [6.07, 6.45) is 0. The van der Waals surface area contributed by atoms with Gasteiger partial charge in [-0.1, -0.05) is 12.1 Å². The first-order chi connectivity index (χ1) is 13.1. The third kappa shape index (κ3) is 5.22. The molecule has 28 heavy (non-hydrogen) atoms. The number of carbonyl (C=O) groups is 4. The summed E-state index contributed by atoms with van der Waals surface area (Å²) in [6.45, 7) is 1.39. The van der Waals surface area contributed by atoms with E-state index in [0.29, 0.717) is 5.56 Å². The highest BCUT2D eigenvalue weighted by atomic mass is 32.2. The number of hydrogen-bond donors (Lipinski definition) is 4. The van der Waals surface area contributed by atoms with Crippen molar-refractivity contribution in [3.05, 3.63) is 59.7 Å². The highest BCUT2D eigenvalue weighted by molar-refractivity contribution is 7.89. The molecule has 2 aromatic carbocycles. The Kier molecular flexibility index (Phi) is 6.23. The Bertz CT molecular complexity index is 1050. The summed E-state index contributed by atoms with van der Waals surface area (Å²) >= 11 is 0. The van der Waals surface area contributed by atoms with Gasteiger partial charge in [-0.05, 0) is 43.3 Å². The maximum Gasteiger partial charge on any atom is 0.328 e. The largest absolute Gasteiger partial charge is 0.328 e. The molecule has 11 heteroatoms. The minimum absolute atomic E-state index is 0.155. The standard InChI is InChI=1S/C17H16N4O6S/c1-10(22)11-6-8-12(9-7-11)19-16(24)17(25)21-20-15(23)13-4-2-3-5-14(13)28(18,26)27/h2-9H,1H3,(H,19,24)(H,20,23)(H,21,25)(H2,18,26,27). The van der Waals surface area contributed by atoms with Gasteiger partial charge in [-0.15, -0.1) is 0 Å². The minimum Gasteiger partial charge on any atom is -0.318 e. The maximum atomic E-state index is 12.1. The monoisotopic (exact) mass is 404 g/mol. The first-order valence-corrected chi connectivity index (χ1v) is 9.28. The summed E-state index contributed by atoms with van der Waals surface area (Å²) in [5.41, 5.74) is 4.20. The van der Waals surface area contributed by atoms with E-state index in [9.17, 15) is 27.6 Å². The number of hydrogen-bond acceptors (Lipinski definition) is 6. The van der Waals surface area contributed by atoms with Crippen molar-refractivity contribution in [3.8, 4) is 0 Å². The van der Waals surface area contributed by atoms with Crippen molar-refractivity contribution in [2.24, 2.45) is 5.14 Å². The van der Waals surface area contributed by atoms with E-state index >= 15 is 0 Å². The van der Waals surface area contributed by atoms with Crippen LogP contribution in [0.4, 0.5) is 5.69 Å². The van der Waals surface area contributed by atoms with Gasteiger partial charge in [-0.3, -0.25) is 30.0 Å². The average Bonchev–Trinajstić information content (AvgIpc) is 2.65. The fourth-order valence-electron chi connectivity index (χ4n) is 2.12. The van der Waals surface area contributed by atoms with Crippen LogP contribution in [0.25, 0.3) is 0 Å². The lowest BCUT2D eigenvalue weighted by Gasteiger charge is -2.10. The second-order valence-electron chi connectivity index (χ2n) is 5.54. The molecule has 0 bridgehead atoms. The molecule has 0 unspecified atom stereocenters. The third-order valence-corrected chi connectivity index (χ3v) is 4.45. The molecule has 10 nitrogen and oxygen atoms in total. The molecule has 3 amide bonds. The zero-order valence-corrected chi connectivity index (χ0v) is 15.4. The first-order valence-electron chi connectivity index (χ1n) is 7.74. The van der Waals surface area contributed by atoms with Crippen LogP contribution >= 0.6 is 0 Å². The van der Waals surface area contributed by atoms with Gasteiger partial charge in [-0.25, -0.2) is 13.6 Å². The molecule has 0 atom stereocenters. The topological polar surface area (TPSA) is 165 Å². The number of hydrazine groups is 1. The SMILES string of the molecule is CC(=O)c1ccc(NC(=O)C(=O)NNC(=O)c2ccccc2S(N)(=O)=O)cc1. The average molecular weight is 404 g/mol. The molecule has 0 aromatic heterocycles. The molecule has 0 fully saturated rings. The van der Waals surface area contributed by atoms with Gasteiger partial charge >= 0.3 is 11.8 Å². The zero-order valence-electron chi connectivity index (χ0n) is 14.6. The molecule has 0 radical (unpaired) electrons. The molecule has 0 aliphatic heterocycles. The van der Waals surface area contributed by atoms with Crippen LogP contribution in [0.1, 0.15) is 27.6 Å². The Balaban J connectivity index is 1.99. The van der Waals surface area contributed by atoms with E-state index in [-0.39, 0.29) is 17.0 Å². The van der Waals surface area contributed by atoms with Gasteiger partial charge in [0.25, 0.3) is 5.91 Å². The fourth-order valence-corrected chi connectivity index (χ4v) is 2.85. The Morgan fingerprint density at radius 1 is 0.857 bits per heavy atom. The molecule has 5 N–H and O–H groups in total. The van der Waals surface area contributed by atoms with Crippen LogP contribution in [0.15, 0.2) is 53.4 Å². The number of nitrogens with two attached hydrogens (primary N) is 1. The van der Waals surface area contributed by atoms with E-state index in [0.717, 1.165) is 6.07 Å². The fraction of sp³-hybridized carbons (Fsp3) is 0.0588. The van der Waals surface area contributed by atoms with Gasteiger partial charge in [-0.2, -0.15) is 0 Å². The maximum absolute atomic E-state index is 12.1. The number of sulfonamides is 1. The summed E-state index contributed by atoms with van der Waals surface area (Å²) in [6, 6.07) is 10.9. The van der Waals surface area contributed by atoms with Crippen molar-refractivity contribution in [2.45, 2.75) is 11.8 Å². The lowest BCUT2D eigenvalue weighted by atomic mass is 10.1. The summed E-state index contributed by atoms with van der Waals surface area (Å²) in [5.74, 6) is -3.41. The number of amides is 3. The van der Waals surface area contributed by atoms with Crippen molar-refractivity contribution < 1.29 is 27.6 Å².